The standard InChI is InChI=1S/C4H5F3O.C3H3F3O/c1-2-8-3-4(5,6)7;1-2-7-3(4,5)6/h2H,1,3H2;2H,1H2. The fourth-order valence-corrected chi connectivity index (χ4v) is 0.248. The summed E-state index contributed by atoms with van der Waals surface area (Å²) in [6, 6.07) is 0. The van der Waals surface area contributed by atoms with E-state index in [1.165, 1.54) is 0 Å². The first-order chi connectivity index (χ1) is 6.62. The highest BCUT2D eigenvalue weighted by atomic mass is 19.4. The van der Waals surface area contributed by atoms with E-state index in [0.717, 1.165) is 6.26 Å². The molecule has 0 unspecified atom stereocenters. The molecule has 0 N–H and O–H groups in total. The molecule has 0 saturated heterocycles. The zero-order chi connectivity index (χ0) is 12.5. The summed E-state index contributed by atoms with van der Waals surface area (Å²) in [5.41, 5.74) is 0. The normalized spacial score (nSPS) is 10.8. The van der Waals surface area contributed by atoms with Gasteiger partial charge < -0.3 is 9.47 Å². The molecule has 0 aliphatic heterocycles. The van der Waals surface area contributed by atoms with Gasteiger partial charge in [-0.05, 0) is 0 Å². The molecule has 2 nitrogen and oxygen atoms in total. The van der Waals surface area contributed by atoms with Crippen molar-refractivity contribution in [1.29, 1.82) is 0 Å². The minimum Gasteiger partial charge on any atom is -0.492 e. The van der Waals surface area contributed by atoms with Gasteiger partial charge in [0.2, 0.25) is 0 Å². The van der Waals surface area contributed by atoms with Crippen LogP contribution in [0.25, 0.3) is 0 Å². The van der Waals surface area contributed by atoms with Gasteiger partial charge in [-0.2, -0.15) is 13.2 Å². The summed E-state index contributed by atoms with van der Waals surface area (Å²) in [5.74, 6) is 0. The van der Waals surface area contributed by atoms with Crippen molar-refractivity contribution < 1.29 is 35.8 Å². The van der Waals surface area contributed by atoms with Gasteiger partial charge in [-0.15, -0.1) is 13.2 Å². The van der Waals surface area contributed by atoms with Crippen molar-refractivity contribution in [2.24, 2.45) is 0 Å². The van der Waals surface area contributed by atoms with E-state index in [2.05, 4.69) is 22.6 Å². The second-order valence-corrected chi connectivity index (χ2v) is 1.82. The topological polar surface area (TPSA) is 18.5 Å². The maximum absolute atomic E-state index is 11.1. The van der Waals surface area contributed by atoms with Crippen LogP contribution < -0.4 is 0 Å². The Morgan fingerprint density at radius 1 is 0.933 bits per heavy atom. The Hall–Kier alpha value is -1.34. The number of hydrogen-bond acceptors (Lipinski definition) is 2. The van der Waals surface area contributed by atoms with E-state index in [0.29, 0.717) is 6.26 Å². The van der Waals surface area contributed by atoms with Crippen LogP contribution in [0.3, 0.4) is 0 Å². The largest absolute Gasteiger partial charge is 0.572 e. The van der Waals surface area contributed by atoms with Crippen molar-refractivity contribution >= 4 is 0 Å². The highest BCUT2D eigenvalue weighted by molar-refractivity contribution is 4.53. The molecule has 0 aromatic carbocycles. The van der Waals surface area contributed by atoms with Gasteiger partial charge in [-0.25, -0.2) is 0 Å². The number of halogens is 6. The number of alkyl halides is 6. The molecule has 90 valence electrons. The first kappa shape index (κ1) is 16.1. The Morgan fingerprint density at radius 3 is 1.47 bits per heavy atom. The van der Waals surface area contributed by atoms with Crippen LogP contribution in [-0.2, 0) is 9.47 Å². The van der Waals surface area contributed by atoms with Gasteiger partial charge in [0.15, 0.2) is 6.61 Å². The second kappa shape index (κ2) is 7.02. The zero-order valence-electron chi connectivity index (χ0n) is 7.36. The van der Waals surface area contributed by atoms with Crippen molar-refractivity contribution in [3.63, 3.8) is 0 Å². The molecule has 0 saturated carbocycles. The quantitative estimate of drug-likeness (QED) is 0.554. The SMILES string of the molecule is C=COC(F)(F)F.C=COCC(F)(F)F. The molecule has 0 bridgehead atoms. The summed E-state index contributed by atoms with van der Waals surface area (Å²) in [5, 5.41) is 0. The molecule has 0 fully saturated rings. The van der Waals surface area contributed by atoms with E-state index >= 15 is 0 Å². The molecule has 0 heterocycles. The number of rotatable bonds is 3. The zero-order valence-corrected chi connectivity index (χ0v) is 7.36. The first-order valence-electron chi connectivity index (χ1n) is 3.27. The maximum atomic E-state index is 11.1. The molecule has 0 amide bonds. The van der Waals surface area contributed by atoms with Crippen LogP contribution in [0.15, 0.2) is 25.7 Å². The lowest BCUT2D eigenvalue weighted by atomic mass is 10.7. The predicted octanol–water partition coefficient (Wildman–Crippen LogP) is 3.38. The third-order valence-electron chi connectivity index (χ3n) is 0.582. The highest BCUT2D eigenvalue weighted by Crippen LogP contribution is 2.15. The third kappa shape index (κ3) is 24.5. The molecule has 0 aliphatic carbocycles. The molecule has 0 spiro atoms. The van der Waals surface area contributed by atoms with Gasteiger partial charge in [0.05, 0.1) is 12.5 Å². The number of ether oxygens (including phenoxy) is 2. The van der Waals surface area contributed by atoms with Crippen LogP contribution in [0, 0.1) is 0 Å². The Balaban J connectivity index is 0. The summed E-state index contributed by atoms with van der Waals surface area (Å²) in [4.78, 5) is 0. The molecule has 8 heteroatoms. The van der Waals surface area contributed by atoms with Crippen LogP contribution in [0.4, 0.5) is 26.3 Å². The predicted molar refractivity (Wildman–Crippen MR) is 39.5 cm³/mol. The van der Waals surface area contributed by atoms with Crippen LogP contribution >= 0.6 is 0 Å². The van der Waals surface area contributed by atoms with Gasteiger partial charge >= 0.3 is 12.5 Å². The van der Waals surface area contributed by atoms with E-state index in [4.69, 9.17) is 0 Å². The summed E-state index contributed by atoms with van der Waals surface area (Å²) in [6.45, 7) is 4.39. The Kier molecular flexibility index (Phi) is 7.53. The van der Waals surface area contributed by atoms with Gasteiger partial charge in [0.25, 0.3) is 0 Å². The lowest BCUT2D eigenvalue weighted by Crippen LogP contribution is -2.14. The second-order valence-electron chi connectivity index (χ2n) is 1.82. The molecular formula is C7H8F6O2. The molecule has 0 rings (SSSR count). The molecule has 0 aromatic rings. The minimum atomic E-state index is -4.57. The van der Waals surface area contributed by atoms with Crippen LogP contribution in [0.5, 0.6) is 0 Å². The number of hydrogen-bond donors (Lipinski definition) is 0. The van der Waals surface area contributed by atoms with E-state index in [1.54, 1.807) is 0 Å². The van der Waals surface area contributed by atoms with E-state index in [9.17, 15) is 26.3 Å². The van der Waals surface area contributed by atoms with Gasteiger partial charge in [-0.1, -0.05) is 13.2 Å². The van der Waals surface area contributed by atoms with Gasteiger partial charge in [-0.3, -0.25) is 0 Å². The molecule has 15 heavy (non-hydrogen) atoms. The van der Waals surface area contributed by atoms with Crippen molar-refractivity contribution in [2.75, 3.05) is 6.61 Å². The molecule has 0 radical (unpaired) electrons. The fraction of sp³-hybridized carbons (Fsp3) is 0.429. The monoisotopic (exact) mass is 238 g/mol. The molecule has 0 aliphatic rings. The minimum absolute atomic E-state index is 0.333. The Labute approximate surface area is 81.8 Å². The van der Waals surface area contributed by atoms with Crippen molar-refractivity contribution in [3.8, 4) is 0 Å². The van der Waals surface area contributed by atoms with Crippen molar-refractivity contribution in [2.45, 2.75) is 12.5 Å². The molecular weight excluding hydrogens is 230 g/mol. The van der Waals surface area contributed by atoms with Crippen molar-refractivity contribution in [1.82, 2.24) is 0 Å². The van der Waals surface area contributed by atoms with E-state index < -0.39 is 19.1 Å². The average molecular weight is 238 g/mol. The lowest BCUT2D eigenvalue weighted by Gasteiger charge is -2.02. The molecule has 0 aromatic heterocycles. The summed E-state index contributed by atoms with van der Waals surface area (Å²) in [6.07, 6.45) is -7.72. The highest BCUT2D eigenvalue weighted by Gasteiger charge is 2.28. The van der Waals surface area contributed by atoms with Crippen LogP contribution in [0.1, 0.15) is 0 Å². The lowest BCUT2D eigenvalue weighted by molar-refractivity contribution is -0.297. The molecule has 0 atom stereocenters. The van der Waals surface area contributed by atoms with Gasteiger partial charge in [0.1, 0.15) is 0 Å². The summed E-state index contributed by atoms with van der Waals surface area (Å²) in [7, 11) is 0. The first-order valence-corrected chi connectivity index (χ1v) is 3.27. The third-order valence-corrected chi connectivity index (χ3v) is 0.582. The Bertz CT molecular complexity index is 183. The fourth-order valence-electron chi connectivity index (χ4n) is 0.248. The summed E-state index contributed by atoms with van der Waals surface area (Å²) >= 11 is 0. The van der Waals surface area contributed by atoms with E-state index in [-0.39, 0.29) is 0 Å². The Morgan fingerprint density at radius 2 is 1.40 bits per heavy atom. The van der Waals surface area contributed by atoms with E-state index in [1.807, 2.05) is 0 Å². The average Bonchev–Trinajstić information content (AvgIpc) is 1.98. The summed E-state index contributed by atoms with van der Waals surface area (Å²) < 4.78 is 72.3. The maximum Gasteiger partial charge on any atom is 0.572 e. The van der Waals surface area contributed by atoms with Crippen molar-refractivity contribution in [3.05, 3.63) is 25.7 Å². The van der Waals surface area contributed by atoms with Gasteiger partial charge in [0, 0.05) is 0 Å². The van der Waals surface area contributed by atoms with Crippen LogP contribution in [0.2, 0.25) is 0 Å². The van der Waals surface area contributed by atoms with Crippen LogP contribution in [-0.4, -0.2) is 19.1 Å². The smallest absolute Gasteiger partial charge is 0.492 e.